The monoisotopic (exact) mass is 179 g/mol. The molecule has 0 aliphatic carbocycles. The molecule has 1 amide bonds. The molecule has 1 fully saturated rings. The van der Waals surface area contributed by atoms with Gasteiger partial charge in [-0.15, -0.1) is 0 Å². The number of benzene rings is 1. The summed E-state index contributed by atoms with van der Waals surface area (Å²) in [5, 5.41) is 11.9. The standard InChI is InChI=1S/C9H9NO3/c11-7-4-2-1-3-6(7)10-9(12)8-5-13-8/h1-4,8,11H,5H2,(H,10,12)/t8-/m1/s1. The highest BCUT2D eigenvalue weighted by Crippen LogP contribution is 2.22. The van der Waals surface area contributed by atoms with Crippen LogP contribution in [0.2, 0.25) is 0 Å². The number of phenolic OH excluding ortho intramolecular Hbond substituents is 1. The SMILES string of the molecule is O=C(Nc1ccccc1O)[C@H]1CO1. The molecule has 1 aromatic rings. The molecule has 1 aliphatic rings. The lowest BCUT2D eigenvalue weighted by atomic mass is 10.3. The first-order chi connectivity index (χ1) is 6.27. The summed E-state index contributed by atoms with van der Waals surface area (Å²) >= 11 is 0. The van der Waals surface area contributed by atoms with Gasteiger partial charge in [0.15, 0.2) is 6.10 Å². The maximum Gasteiger partial charge on any atom is 0.256 e. The van der Waals surface area contributed by atoms with Crippen LogP contribution in [0.1, 0.15) is 0 Å². The van der Waals surface area contributed by atoms with E-state index in [1.165, 1.54) is 6.07 Å². The summed E-state index contributed by atoms with van der Waals surface area (Å²) < 4.78 is 4.79. The molecule has 0 bridgehead atoms. The van der Waals surface area contributed by atoms with Crippen LogP contribution in [0, 0.1) is 0 Å². The molecule has 0 unspecified atom stereocenters. The van der Waals surface area contributed by atoms with E-state index in [1.807, 2.05) is 0 Å². The Kier molecular flexibility index (Phi) is 1.90. The number of para-hydroxylation sites is 2. The van der Waals surface area contributed by atoms with Gasteiger partial charge in [0.25, 0.3) is 5.91 Å². The molecule has 1 saturated heterocycles. The highest BCUT2D eigenvalue weighted by atomic mass is 16.6. The molecule has 4 heteroatoms. The summed E-state index contributed by atoms with van der Waals surface area (Å²) in [6.07, 6.45) is -0.334. The second kappa shape index (κ2) is 3.06. The number of hydrogen-bond acceptors (Lipinski definition) is 3. The smallest absolute Gasteiger partial charge is 0.256 e. The van der Waals surface area contributed by atoms with Crippen molar-refractivity contribution in [2.75, 3.05) is 11.9 Å². The fraction of sp³-hybridized carbons (Fsp3) is 0.222. The normalized spacial score (nSPS) is 19.5. The minimum absolute atomic E-state index is 0.0662. The average Bonchev–Trinajstić information content (AvgIpc) is 2.91. The van der Waals surface area contributed by atoms with Crippen LogP contribution in [-0.4, -0.2) is 23.7 Å². The van der Waals surface area contributed by atoms with Gasteiger partial charge in [-0.2, -0.15) is 0 Å². The van der Waals surface area contributed by atoms with Crippen LogP contribution in [0.4, 0.5) is 5.69 Å². The van der Waals surface area contributed by atoms with Crippen LogP contribution < -0.4 is 5.32 Å². The van der Waals surface area contributed by atoms with Gasteiger partial charge in [0, 0.05) is 0 Å². The lowest BCUT2D eigenvalue weighted by molar-refractivity contribution is -0.117. The Bertz CT molecular complexity index is 333. The van der Waals surface area contributed by atoms with Crippen molar-refractivity contribution in [2.24, 2.45) is 0 Å². The zero-order valence-electron chi connectivity index (χ0n) is 6.86. The minimum Gasteiger partial charge on any atom is -0.506 e. The Hall–Kier alpha value is -1.55. The van der Waals surface area contributed by atoms with Gasteiger partial charge in [-0.3, -0.25) is 4.79 Å². The van der Waals surface area contributed by atoms with Crippen molar-refractivity contribution in [3.63, 3.8) is 0 Å². The number of epoxide rings is 1. The van der Waals surface area contributed by atoms with E-state index in [0.29, 0.717) is 12.3 Å². The first-order valence-electron chi connectivity index (χ1n) is 3.98. The number of hydrogen-bond donors (Lipinski definition) is 2. The van der Waals surface area contributed by atoms with E-state index in [1.54, 1.807) is 18.2 Å². The van der Waals surface area contributed by atoms with Crippen LogP contribution in [0.5, 0.6) is 5.75 Å². The van der Waals surface area contributed by atoms with E-state index in [9.17, 15) is 9.90 Å². The molecule has 0 aromatic heterocycles. The van der Waals surface area contributed by atoms with Crippen LogP contribution in [0.15, 0.2) is 24.3 Å². The zero-order chi connectivity index (χ0) is 9.26. The summed E-state index contributed by atoms with van der Waals surface area (Å²) in [5.41, 5.74) is 0.419. The molecule has 0 saturated carbocycles. The molecule has 2 N–H and O–H groups in total. The third-order valence-electron chi connectivity index (χ3n) is 1.79. The summed E-state index contributed by atoms with van der Waals surface area (Å²) in [6.45, 7) is 0.472. The fourth-order valence-corrected chi connectivity index (χ4v) is 0.992. The quantitative estimate of drug-likeness (QED) is 0.519. The van der Waals surface area contributed by atoms with Crippen LogP contribution in [-0.2, 0) is 9.53 Å². The maximum atomic E-state index is 11.2. The summed E-state index contributed by atoms with van der Waals surface area (Å²) in [5.74, 6) is -0.141. The number of anilines is 1. The predicted molar refractivity (Wildman–Crippen MR) is 46.5 cm³/mol. The lowest BCUT2D eigenvalue weighted by Crippen LogP contribution is -2.17. The summed E-state index contributed by atoms with van der Waals surface area (Å²) in [7, 11) is 0. The number of ether oxygens (including phenoxy) is 1. The molecule has 0 radical (unpaired) electrons. The van der Waals surface area contributed by atoms with Crippen LogP contribution in [0.3, 0.4) is 0 Å². The Morgan fingerprint density at radius 3 is 2.85 bits per heavy atom. The fourth-order valence-electron chi connectivity index (χ4n) is 0.992. The summed E-state index contributed by atoms with van der Waals surface area (Å²) in [6, 6.07) is 6.58. The topological polar surface area (TPSA) is 61.9 Å². The van der Waals surface area contributed by atoms with E-state index in [4.69, 9.17) is 4.74 Å². The Balaban J connectivity index is 2.08. The third-order valence-corrected chi connectivity index (χ3v) is 1.79. The predicted octanol–water partition coefficient (Wildman–Crippen LogP) is 0.729. The molecular weight excluding hydrogens is 170 g/mol. The van der Waals surface area contributed by atoms with Gasteiger partial charge in [0.1, 0.15) is 5.75 Å². The van der Waals surface area contributed by atoms with E-state index in [-0.39, 0.29) is 17.8 Å². The number of nitrogens with one attached hydrogen (secondary N) is 1. The number of amides is 1. The van der Waals surface area contributed by atoms with Crippen molar-refractivity contribution in [1.29, 1.82) is 0 Å². The number of rotatable bonds is 2. The lowest BCUT2D eigenvalue weighted by Gasteiger charge is -2.04. The molecule has 1 aliphatic heterocycles. The van der Waals surface area contributed by atoms with Crippen molar-refractivity contribution >= 4 is 11.6 Å². The van der Waals surface area contributed by atoms with Crippen LogP contribution >= 0.6 is 0 Å². The maximum absolute atomic E-state index is 11.2. The second-order valence-corrected chi connectivity index (χ2v) is 2.83. The van der Waals surface area contributed by atoms with Gasteiger partial charge < -0.3 is 15.2 Å². The van der Waals surface area contributed by atoms with E-state index < -0.39 is 0 Å². The summed E-state index contributed by atoms with van der Waals surface area (Å²) in [4.78, 5) is 11.2. The van der Waals surface area contributed by atoms with E-state index in [0.717, 1.165) is 0 Å². The molecule has 13 heavy (non-hydrogen) atoms. The zero-order valence-corrected chi connectivity index (χ0v) is 6.86. The number of carbonyl (C=O) groups excluding carboxylic acids is 1. The molecule has 1 aromatic carbocycles. The number of phenols is 1. The van der Waals surface area contributed by atoms with Gasteiger partial charge in [-0.1, -0.05) is 12.1 Å². The van der Waals surface area contributed by atoms with Gasteiger partial charge in [0.2, 0.25) is 0 Å². The molecule has 1 atom stereocenters. The largest absolute Gasteiger partial charge is 0.506 e. The Morgan fingerprint density at radius 1 is 1.54 bits per heavy atom. The van der Waals surface area contributed by atoms with Crippen molar-refractivity contribution in [1.82, 2.24) is 0 Å². The number of carbonyl (C=O) groups is 1. The van der Waals surface area contributed by atoms with Gasteiger partial charge in [-0.05, 0) is 12.1 Å². The highest BCUT2D eigenvalue weighted by molar-refractivity contribution is 5.96. The van der Waals surface area contributed by atoms with Crippen molar-refractivity contribution in [2.45, 2.75) is 6.10 Å². The molecule has 4 nitrogen and oxygen atoms in total. The van der Waals surface area contributed by atoms with Crippen LogP contribution in [0.25, 0.3) is 0 Å². The first-order valence-corrected chi connectivity index (χ1v) is 3.98. The molecular formula is C9H9NO3. The molecule has 1 heterocycles. The second-order valence-electron chi connectivity index (χ2n) is 2.83. The van der Waals surface area contributed by atoms with Gasteiger partial charge in [-0.25, -0.2) is 0 Å². The first kappa shape index (κ1) is 8.07. The Morgan fingerprint density at radius 2 is 2.23 bits per heavy atom. The third kappa shape index (κ3) is 1.78. The van der Waals surface area contributed by atoms with Gasteiger partial charge >= 0.3 is 0 Å². The molecule has 2 rings (SSSR count). The Labute approximate surface area is 75.1 Å². The van der Waals surface area contributed by atoms with Crippen molar-refractivity contribution in [3.05, 3.63) is 24.3 Å². The molecule has 0 spiro atoms. The van der Waals surface area contributed by atoms with Gasteiger partial charge in [0.05, 0.1) is 12.3 Å². The van der Waals surface area contributed by atoms with Crippen molar-refractivity contribution in [3.8, 4) is 5.75 Å². The van der Waals surface area contributed by atoms with E-state index in [2.05, 4.69) is 5.32 Å². The van der Waals surface area contributed by atoms with E-state index >= 15 is 0 Å². The minimum atomic E-state index is -0.334. The van der Waals surface area contributed by atoms with Crippen molar-refractivity contribution < 1.29 is 14.6 Å². The highest BCUT2D eigenvalue weighted by Gasteiger charge is 2.31. The number of aromatic hydroxyl groups is 1. The molecule has 68 valence electrons. The average molecular weight is 179 g/mol.